The first-order valence-electron chi connectivity index (χ1n) is 8.83. The summed E-state index contributed by atoms with van der Waals surface area (Å²) < 4.78 is 26.8. The molecule has 2 aromatic rings. The van der Waals surface area contributed by atoms with Crippen LogP contribution in [0.25, 0.3) is 0 Å². The van der Waals surface area contributed by atoms with E-state index in [1.807, 2.05) is 13.8 Å². The molecule has 10 heteroatoms. The standard InChI is InChI=1S/C17H23N5O3S2/c1-3-15-18-17(20-19-15)26-13(2)16(23)21-9-11-22(12-10-21)27(24,25)14-7-5-4-6-8-14/h4-8,13H,3,9-12H2,1-2H3,(H,18,19,20). The first-order valence-corrected chi connectivity index (χ1v) is 11.2. The second kappa shape index (κ2) is 8.41. The van der Waals surface area contributed by atoms with Crippen LogP contribution < -0.4 is 0 Å². The highest BCUT2D eigenvalue weighted by Crippen LogP contribution is 2.23. The van der Waals surface area contributed by atoms with E-state index in [0.29, 0.717) is 31.3 Å². The number of amides is 1. The Kier molecular flexibility index (Phi) is 6.18. The van der Waals surface area contributed by atoms with E-state index in [2.05, 4.69) is 15.2 Å². The summed E-state index contributed by atoms with van der Waals surface area (Å²) in [6.45, 7) is 5.14. The summed E-state index contributed by atoms with van der Waals surface area (Å²) in [7, 11) is -3.51. The molecule has 27 heavy (non-hydrogen) atoms. The van der Waals surface area contributed by atoms with Gasteiger partial charge in [0.25, 0.3) is 0 Å². The summed E-state index contributed by atoms with van der Waals surface area (Å²) in [5, 5.41) is 7.16. The van der Waals surface area contributed by atoms with Gasteiger partial charge in [0, 0.05) is 32.6 Å². The zero-order valence-corrected chi connectivity index (χ0v) is 17.0. The Hall–Kier alpha value is -1.91. The van der Waals surface area contributed by atoms with Gasteiger partial charge in [0.1, 0.15) is 5.82 Å². The number of H-pyrrole nitrogens is 1. The molecule has 2 heterocycles. The van der Waals surface area contributed by atoms with Gasteiger partial charge in [-0.2, -0.15) is 4.31 Å². The number of aromatic nitrogens is 3. The Morgan fingerprint density at radius 2 is 1.89 bits per heavy atom. The number of benzene rings is 1. The average molecular weight is 410 g/mol. The van der Waals surface area contributed by atoms with Gasteiger partial charge in [0.2, 0.25) is 21.1 Å². The molecule has 0 spiro atoms. The molecule has 0 aliphatic carbocycles. The predicted molar refractivity (Wildman–Crippen MR) is 103 cm³/mol. The van der Waals surface area contributed by atoms with Crippen molar-refractivity contribution in [3.05, 3.63) is 36.2 Å². The summed E-state index contributed by atoms with van der Waals surface area (Å²) in [5.74, 6) is 0.761. The zero-order valence-electron chi connectivity index (χ0n) is 15.3. The van der Waals surface area contributed by atoms with Gasteiger partial charge in [-0.25, -0.2) is 13.4 Å². The van der Waals surface area contributed by atoms with Gasteiger partial charge in [0.05, 0.1) is 10.1 Å². The van der Waals surface area contributed by atoms with E-state index in [0.717, 1.165) is 12.2 Å². The number of rotatable bonds is 6. The van der Waals surface area contributed by atoms with E-state index in [1.54, 1.807) is 35.2 Å². The van der Waals surface area contributed by atoms with Crippen molar-refractivity contribution >= 4 is 27.7 Å². The zero-order chi connectivity index (χ0) is 19.4. The summed E-state index contributed by atoms with van der Waals surface area (Å²) in [6, 6.07) is 8.38. The number of nitrogens with zero attached hydrogens (tertiary/aromatic N) is 4. The predicted octanol–water partition coefficient (Wildman–Crippen LogP) is 1.38. The molecule has 0 saturated carbocycles. The molecule has 8 nitrogen and oxygen atoms in total. The fourth-order valence-corrected chi connectivity index (χ4v) is 5.12. The maximum absolute atomic E-state index is 12.7. The summed E-state index contributed by atoms with van der Waals surface area (Å²) in [6.07, 6.45) is 0.758. The van der Waals surface area contributed by atoms with Crippen LogP contribution in [0.15, 0.2) is 40.4 Å². The molecule has 146 valence electrons. The van der Waals surface area contributed by atoms with Gasteiger partial charge < -0.3 is 4.90 Å². The van der Waals surface area contributed by atoms with E-state index in [-0.39, 0.29) is 16.1 Å². The topological polar surface area (TPSA) is 99.3 Å². The number of carbonyl (C=O) groups excluding carboxylic acids is 1. The molecule has 1 unspecified atom stereocenters. The van der Waals surface area contributed by atoms with Crippen LogP contribution in [0.3, 0.4) is 0 Å². The molecular weight excluding hydrogens is 386 g/mol. The maximum atomic E-state index is 12.7. The number of aromatic amines is 1. The van der Waals surface area contributed by atoms with Crippen LogP contribution in [0.2, 0.25) is 0 Å². The molecule has 1 aromatic carbocycles. The SMILES string of the molecule is CCc1nc(SC(C)C(=O)N2CCN(S(=O)(=O)c3ccccc3)CC2)n[nH]1. The third-order valence-electron chi connectivity index (χ3n) is 4.41. The normalized spacial score (nSPS) is 17.0. The van der Waals surface area contributed by atoms with Crippen LogP contribution in [-0.4, -0.2) is 70.1 Å². The highest BCUT2D eigenvalue weighted by molar-refractivity contribution is 8.00. The molecule has 1 saturated heterocycles. The smallest absolute Gasteiger partial charge is 0.243 e. The van der Waals surface area contributed by atoms with Crippen molar-refractivity contribution in [2.45, 2.75) is 35.6 Å². The van der Waals surface area contributed by atoms with E-state index in [9.17, 15) is 13.2 Å². The van der Waals surface area contributed by atoms with E-state index >= 15 is 0 Å². The molecule has 1 fully saturated rings. The van der Waals surface area contributed by atoms with Crippen molar-refractivity contribution in [3.8, 4) is 0 Å². The fourth-order valence-electron chi connectivity index (χ4n) is 2.84. The van der Waals surface area contributed by atoms with Gasteiger partial charge in [-0.1, -0.05) is 36.9 Å². The number of carbonyl (C=O) groups is 1. The van der Waals surface area contributed by atoms with Gasteiger partial charge in [-0.05, 0) is 19.1 Å². The molecule has 3 rings (SSSR count). The Labute approximate surface area is 163 Å². The van der Waals surface area contributed by atoms with Crippen molar-refractivity contribution in [1.82, 2.24) is 24.4 Å². The summed E-state index contributed by atoms with van der Waals surface area (Å²) in [4.78, 5) is 19.0. The van der Waals surface area contributed by atoms with Gasteiger partial charge in [-0.15, -0.1) is 5.10 Å². The number of hydrogen-bond acceptors (Lipinski definition) is 6. The summed E-state index contributed by atoms with van der Waals surface area (Å²) in [5.41, 5.74) is 0. The van der Waals surface area contributed by atoms with Crippen LogP contribution in [0, 0.1) is 0 Å². The highest BCUT2D eigenvalue weighted by atomic mass is 32.2. The van der Waals surface area contributed by atoms with Crippen molar-refractivity contribution < 1.29 is 13.2 Å². The number of nitrogens with one attached hydrogen (secondary N) is 1. The molecule has 0 bridgehead atoms. The van der Waals surface area contributed by atoms with Crippen LogP contribution >= 0.6 is 11.8 Å². The third-order valence-corrected chi connectivity index (χ3v) is 7.27. The van der Waals surface area contributed by atoms with E-state index < -0.39 is 10.0 Å². The average Bonchev–Trinajstić information content (AvgIpc) is 3.15. The molecule has 1 N–H and O–H groups in total. The lowest BCUT2D eigenvalue weighted by Crippen LogP contribution is -2.52. The van der Waals surface area contributed by atoms with Crippen LogP contribution in [-0.2, 0) is 21.2 Å². The lowest BCUT2D eigenvalue weighted by atomic mass is 10.3. The van der Waals surface area contributed by atoms with Crippen LogP contribution in [0.4, 0.5) is 0 Å². The number of piperazine rings is 1. The van der Waals surface area contributed by atoms with E-state index in [1.165, 1.54) is 16.1 Å². The first-order chi connectivity index (χ1) is 12.9. The minimum atomic E-state index is -3.51. The first kappa shape index (κ1) is 19.8. The largest absolute Gasteiger partial charge is 0.339 e. The fraction of sp³-hybridized carbons (Fsp3) is 0.471. The van der Waals surface area contributed by atoms with Crippen molar-refractivity contribution in [2.75, 3.05) is 26.2 Å². The van der Waals surface area contributed by atoms with Gasteiger partial charge in [-0.3, -0.25) is 9.89 Å². The van der Waals surface area contributed by atoms with Crippen molar-refractivity contribution in [1.29, 1.82) is 0 Å². The van der Waals surface area contributed by atoms with Gasteiger partial charge in [0.15, 0.2) is 0 Å². The lowest BCUT2D eigenvalue weighted by molar-refractivity contribution is -0.131. The summed E-state index contributed by atoms with van der Waals surface area (Å²) >= 11 is 1.31. The highest BCUT2D eigenvalue weighted by Gasteiger charge is 2.31. The Balaban J connectivity index is 1.57. The quantitative estimate of drug-likeness (QED) is 0.724. The Bertz CT molecular complexity index is 877. The number of sulfonamides is 1. The second-order valence-electron chi connectivity index (χ2n) is 6.22. The molecule has 1 aliphatic rings. The van der Waals surface area contributed by atoms with Gasteiger partial charge >= 0.3 is 0 Å². The Morgan fingerprint density at radius 1 is 1.22 bits per heavy atom. The molecular formula is C17H23N5O3S2. The molecule has 1 aromatic heterocycles. The Morgan fingerprint density at radius 3 is 2.48 bits per heavy atom. The third kappa shape index (κ3) is 4.50. The second-order valence-corrected chi connectivity index (χ2v) is 9.47. The molecule has 0 radical (unpaired) electrons. The minimum absolute atomic E-state index is 0.0281. The maximum Gasteiger partial charge on any atom is 0.243 e. The molecule has 1 atom stereocenters. The van der Waals surface area contributed by atoms with Crippen LogP contribution in [0.1, 0.15) is 19.7 Å². The monoisotopic (exact) mass is 409 g/mol. The molecule has 1 amide bonds. The van der Waals surface area contributed by atoms with Crippen molar-refractivity contribution in [3.63, 3.8) is 0 Å². The van der Waals surface area contributed by atoms with Crippen LogP contribution in [0.5, 0.6) is 0 Å². The molecule has 1 aliphatic heterocycles. The van der Waals surface area contributed by atoms with E-state index in [4.69, 9.17) is 0 Å². The lowest BCUT2D eigenvalue weighted by Gasteiger charge is -2.35. The minimum Gasteiger partial charge on any atom is -0.339 e. The number of thioether (sulfide) groups is 1. The van der Waals surface area contributed by atoms with Crippen molar-refractivity contribution in [2.24, 2.45) is 0 Å². The number of aryl methyl sites for hydroxylation is 1. The number of hydrogen-bond donors (Lipinski definition) is 1.